The number of alkyl halides is 3. The van der Waals surface area contributed by atoms with E-state index in [1.165, 1.54) is 25.3 Å². The van der Waals surface area contributed by atoms with Crippen molar-refractivity contribution in [2.75, 3.05) is 12.4 Å². The van der Waals surface area contributed by atoms with Gasteiger partial charge in [-0.25, -0.2) is 0 Å². The van der Waals surface area contributed by atoms with Crippen LogP contribution in [0.15, 0.2) is 36.4 Å². The van der Waals surface area contributed by atoms with Gasteiger partial charge >= 0.3 is 6.18 Å². The van der Waals surface area contributed by atoms with Gasteiger partial charge in [-0.3, -0.25) is 4.79 Å². The maximum absolute atomic E-state index is 12.6. The first kappa shape index (κ1) is 17.0. The summed E-state index contributed by atoms with van der Waals surface area (Å²) in [6, 6.07) is 6.57. The Hall–Kier alpha value is -2.41. The number of nitrogens with one attached hydrogen (secondary N) is 1. The fourth-order valence-electron chi connectivity index (χ4n) is 1.81. The van der Waals surface area contributed by atoms with Gasteiger partial charge in [-0.2, -0.15) is 13.2 Å². The van der Waals surface area contributed by atoms with Crippen molar-refractivity contribution in [1.82, 2.24) is 0 Å². The molecule has 8 heteroatoms. The van der Waals surface area contributed by atoms with Gasteiger partial charge < -0.3 is 15.2 Å². The lowest BCUT2D eigenvalue weighted by Gasteiger charge is -2.12. The number of rotatable bonds is 3. The van der Waals surface area contributed by atoms with E-state index in [0.29, 0.717) is 11.8 Å². The summed E-state index contributed by atoms with van der Waals surface area (Å²) in [7, 11) is 1.39. The van der Waals surface area contributed by atoms with Gasteiger partial charge in [0.1, 0.15) is 11.5 Å². The first-order valence-electron chi connectivity index (χ1n) is 6.27. The van der Waals surface area contributed by atoms with Gasteiger partial charge in [-0.05, 0) is 36.4 Å². The fraction of sp³-hybridized carbons (Fsp3) is 0.133. The number of carbonyl (C=O) groups excluding carboxylic acids is 1. The minimum Gasteiger partial charge on any atom is -0.507 e. The van der Waals surface area contributed by atoms with Crippen molar-refractivity contribution >= 4 is 23.2 Å². The quantitative estimate of drug-likeness (QED) is 0.870. The molecule has 0 aliphatic heterocycles. The van der Waals surface area contributed by atoms with E-state index in [4.69, 9.17) is 16.3 Å². The number of benzene rings is 2. The minimum absolute atomic E-state index is 0.00751. The van der Waals surface area contributed by atoms with E-state index in [2.05, 4.69) is 5.32 Å². The molecule has 23 heavy (non-hydrogen) atoms. The van der Waals surface area contributed by atoms with E-state index in [0.717, 1.165) is 12.1 Å². The summed E-state index contributed by atoms with van der Waals surface area (Å²) >= 11 is 5.76. The van der Waals surface area contributed by atoms with Crippen molar-refractivity contribution in [3.8, 4) is 11.5 Å². The monoisotopic (exact) mass is 345 g/mol. The van der Waals surface area contributed by atoms with Crippen molar-refractivity contribution < 1.29 is 27.8 Å². The van der Waals surface area contributed by atoms with Crippen molar-refractivity contribution in [2.45, 2.75) is 6.18 Å². The molecule has 0 bridgehead atoms. The first-order chi connectivity index (χ1) is 10.7. The minimum atomic E-state index is -4.53. The molecule has 1 amide bonds. The summed E-state index contributed by atoms with van der Waals surface area (Å²) in [5, 5.41) is 11.8. The van der Waals surface area contributed by atoms with Crippen LogP contribution in [0.1, 0.15) is 15.9 Å². The third kappa shape index (κ3) is 3.87. The molecule has 4 nitrogen and oxygen atoms in total. The van der Waals surface area contributed by atoms with Crippen molar-refractivity contribution in [1.29, 1.82) is 0 Å². The Morgan fingerprint density at radius 1 is 1.22 bits per heavy atom. The number of phenols is 1. The third-order valence-electron chi connectivity index (χ3n) is 2.99. The van der Waals surface area contributed by atoms with Gasteiger partial charge in [0.2, 0.25) is 0 Å². The summed E-state index contributed by atoms with van der Waals surface area (Å²) < 4.78 is 42.7. The molecule has 0 aromatic heterocycles. The molecule has 0 saturated heterocycles. The standard InChI is InChI=1S/C15H11ClF3NO3/c1-23-9-3-5-13(21)10(7-9)14(22)20-12-4-2-8(6-11(12)16)15(17,18)19/h2-7,21H,1H3,(H,20,22). The summed E-state index contributed by atoms with van der Waals surface area (Å²) in [5.74, 6) is -0.694. The molecule has 0 aliphatic rings. The second-order valence-electron chi connectivity index (χ2n) is 4.53. The molecule has 0 unspecified atom stereocenters. The Kier molecular flexibility index (Phi) is 4.70. The maximum Gasteiger partial charge on any atom is 0.416 e. The average molecular weight is 346 g/mol. The van der Waals surface area contributed by atoms with Gasteiger partial charge in [0.25, 0.3) is 5.91 Å². The molecular formula is C15H11ClF3NO3. The highest BCUT2D eigenvalue weighted by Gasteiger charge is 2.31. The van der Waals surface area contributed by atoms with Crippen LogP contribution in [0, 0.1) is 0 Å². The Balaban J connectivity index is 2.27. The Morgan fingerprint density at radius 3 is 2.48 bits per heavy atom. The molecule has 0 fully saturated rings. The van der Waals surface area contributed by atoms with Gasteiger partial charge in [0.15, 0.2) is 0 Å². The SMILES string of the molecule is COc1ccc(O)c(C(=O)Nc2ccc(C(F)(F)F)cc2Cl)c1. The van der Waals surface area contributed by atoms with Gasteiger partial charge in [-0.1, -0.05) is 11.6 Å². The van der Waals surface area contributed by atoms with Crippen LogP contribution in [0.3, 0.4) is 0 Å². The number of anilines is 1. The van der Waals surface area contributed by atoms with Crippen LogP contribution in [-0.4, -0.2) is 18.1 Å². The molecule has 0 radical (unpaired) electrons. The number of methoxy groups -OCH3 is 1. The zero-order chi connectivity index (χ0) is 17.2. The molecule has 0 heterocycles. The summed E-state index contributed by atoms with van der Waals surface area (Å²) in [5.41, 5.74) is -1.03. The molecule has 0 spiro atoms. The zero-order valence-electron chi connectivity index (χ0n) is 11.7. The highest BCUT2D eigenvalue weighted by molar-refractivity contribution is 6.34. The van der Waals surface area contributed by atoms with Crippen LogP contribution >= 0.6 is 11.6 Å². The number of halogens is 4. The Labute approximate surface area is 134 Å². The van der Waals surface area contributed by atoms with Crippen LogP contribution in [0.25, 0.3) is 0 Å². The van der Waals surface area contributed by atoms with E-state index in [1.807, 2.05) is 0 Å². The number of hydrogen-bond donors (Lipinski definition) is 2. The summed E-state index contributed by atoms with van der Waals surface area (Å²) in [6.07, 6.45) is -4.53. The highest BCUT2D eigenvalue weighted by atomic mass is 35.5. The molecule has 2 aromatic carbocycles. The maximum atomic E-state index is 12.6. The first-order valence-corrected chi connectivity index (χ1v) is 6.65. The van der Waals surface area contributed by atoms with E-state index in [9.17, 15) is 23.1 Å². The topological polar surface area (TPSA) is 58.6 Å². The molecule has 2 rings (SSSR count). The summed E-state index contributed by atoms with van der Waals surface area (Å²) in [4.78, 5) is 12.1. The molecular weight excluding hydrogens is 335 g/mol. The van der Waals surface area contributed by atoms with Gasteiger partial charge in [0, 0.05) is 0 Å². The largest absolute Gasteiger partial charge is 0.507 e. The van der Waals surface area contributed by atoms with E-state index in [-0.39, 0.29) is 22.0 Å². The Bertz CT molecular complexity index is 747. The lowest BCUT2D eigenvalue weighted by atomic mass is 10.1. The van der Waals surface area contributed by atoms with Gasteiger partial charge in [-0.15, -0.1) is 0 Å². The molecule has 2 aromatic rings. The van der Waals surface area contributed by atoms with Crippen LogP contribution in [0.2, 0.25) is 5.02 Å². The van der Waals surface area contributed by atoms with E-state index < -0.39 is 17.6 Å². The molecule has 0 atom stereocenters. The predicted molar refractivity (Wildman–Crippen MR) is 79.1 cm³/mol. The number of ether oxygens (including phenoxy) is 1. The highest BCUT2D eigenvalue weighted by Crippen LogP contribution is 2.34. The Morgan fingerprint density at radius 2 is 1.91 bits per heavy atom. The summed E-state index contributed by atoms with van der Waals surface area (Å²) in [6.45, 7) is 0. The second kappa shape index (κ2) is 6.37. The normalized spacial score (nSPS) is 11.2. The second-order valence-corrected chi connectivity index (χ2v) is 4.94. The number of amides is 1. The van der Waals surface area contributed by atoms with E-state index >= 15 is 0 Å². The third-order valence-corrected chi connectivity index (χ3v) is 3.31. The number of hydrogen-bond acceptors (Lipinski definition) is 3. The fourth-order valence-corrected chi connectivity index (χ4v) is 2.03. The lowest BCUT2D eigenvalue weighted by Crippen LogP contribution is -2.13. The number of carbonyl (C=O) groups is 1. The van der Waals surface area contributed by atoms with Crippen LogP contribution in [0.4, 0.5) is 18.9 Å². The number of phenolic OH excluding ortho intramolecular Hbond substituents is 1. The zero-order valence-corrected chi connectivity index (χ0v) is 12.5. The van der Waals surface area contributed by atoms with Gasteiger partial charge in [0.05, 0.1) is 28.9 Å². The predicted octanol–water partition coefficient (Wildman–Crippen LogP) is 4.33. The van der Waals surface area contributed by atoms with Crippen LogP contribution in [-0.2, 0) is 6.18 Å². The van der Waals surface area contributed by atoms with Crippen LogP contribution in [0.5, 0.6) is 11.5 Å². The molecule has 0 aliphatic carbocycles. The van der Waals surface area contributed by atoms with E-state index in [1.54, 1.807) is 0 Å². The van der Waals surface area contributed by atoms with Crippen molar-refractivity contribution in [2.24, 2.45) is 0 Å². The van der Waals surface area contributed by atoms with Crippen LogP contribution < -0.4 is 10.1 Å². The average Bonchev–Trinajstić information content (AvgIpc) is 2.48. The lowest BCUT2D eigenvalue weighted by molar-refractivity contribution is -0.137. The smallest absolute Gasteiger partial charge is 0.416 e. The van der Waals surface area contributed by atoms with Crippen molar-refractivity contribution in [3.63, 3.8) is 0 Å². The molecule has 0 saturated carbocycles. The number of aromatic hydroxyl groups is 1. The molecule has 2 N–H and O–H groups in total. The molecule has 122 valence electrons. The van der Waals surface area contributed by atoms with Crippen molar-refractivity contribution in [3.05, 3.63) is 52.5 Å².